The van der Waals surface area contributed by atoms with E-state index in [9.17, 15) is 0 Å². The Morgan fingerprint density at radius 2 is 1.57 bits per heavy atom. The first-order valence-electron chi connectivity index (χ1n) is 2.08. The summed E-state index contributed by atoms with van der Waals surface area (Å²) in [6.07, 6.45) is 2.56. The molecule has 0 aliphatic carbocycles. The van der Waals surface area contributed by atoms with Crippen molar-refractivity contribution in [2.45, 2.75) is 12.8 Å². The normalized spacial score (nSPS) is 17.1. The van der Waals surface area contributed by atoms with E-state index in [0.29, 0.717) is 0 Å². The fourth-order valence-electron chi connectivity index (χ4n) is 0.510. The van der Waals surface area contributed by atoms with Crippen molar-refractivity contribution >= 4 is 17.4 Å². The Bertz CT molecular complexity index is 33.7. The van der Waals surface area contributed by atoms with Crippen LogP contribution in [0.4, 0.5) is 0 Å². The van der Waals surface area contributed by atoms with Gasteiger partial charge in [0, 0.05) is 13.2 Å². The maximum Gasteiger partial charge on any atom is 3.00 e. The zero-order chi connectivity index (χ0) is 3.54. The van der Waals surface area contributed by atoms with Gasteiger partial charge in [0.25, 0.3) is 0 Å². The molecule has 0 bridgehead atoms. The molecule has 0 saturated carbocycles. The molecule has 1 nitrogen and oxygen atoms in total. The summed E-state index contributed by atoms with van der Waals surface area (Å²) in [5, 5.41) is 0. The van der Waals surface area contributed by atoms with Crippen LogP contribution in [0.2, 0.25) is 0 Å². The van der Waals surface area contributed by atoms with Crippen molar-refractivity contribution in [1.82, 2.24) is 0 Å². The molecule has 0 aromatic carbocycles. The van der Waals surface area contributed by atoms with Crippen molar-refractivity contribution in [3.63, 3.8) is 0 Å². The molecule has 0 aromatic rings. The summed E-state index contributed by atoms with van der Waals surface area (Å²) in [4.78, 5) is 0. The summed E-state index contributed by atoms with van der Waals surface area (Å²) >= 11 is 0. The van der Waals surface area contributed by atoms with Crippen molar-refractivity contribution in [2.24, 2.45) is 0 Å². The summed E-state index contributed by atoms with van der Waals surface area (Å²) in [6.45, 7) is 2.00. The van der Waals surface area contributed by atoms with Gasteiger partial charge in [-0.05, 0) is 12.8 Å². The minimum atomic E-state index is 0. The molecule has 1 aliphatic heterocycles. The Kier molecular flexibility index (Phi) is 12.1. The van der Waals surface area contributed by atoms with E-state index in [-0.39, 0.29) is 52.6 Å². The minimum Gasteiger partial charge on any atom is -1.00 e. The summed E-state index contributed by atoms with van der Waals surface area (Å²) in [5.41, 5.74) is 0. The SMILES string of the molecule is C1CCOC1.[Al+3].[H-].[H-].[H-].[H-].[Na+]. The van der Waals surface area contributed by atoms with Crippen molar-refractivity contribution in [3.05, 3.63) is 0 Å². The van der Waals surface area contributed by atoms with Crippen LogP contribution in [0, 0.1) is 0 Å². The predicted molar refractivity (Wildman–Crippen MR) is 30.3 cm³/mol. The molecular weight excluding hydrogens is 114 g/mol. The van der Waals surface area contributed by atoms with Crippen LogP contribution in [0.15, 0.2) is 0 Å². The van der Waals surface area contributed by atoms with E-state index in [1.165, 1.54) is 12.8 Å². The van der Waals surface area contributed by atoms with Crippen LogP contribution in [0.5, 0.6) is 0 Å². The Morgan fingerprint density at radius 1 is 1.14 bits per heavy atom. The zero-order valence-electron chi connectivity index (χ0n) is 8.81. The monoisotopic (exact) mass is 126 g/mol. The van der Waals surface area contributed by atoms with Gasteiger partial charge in [0.2, 0.25) is 0 Å². The van der Waals surface area contributed by atoms with Crippen LogP contribution in [-0.2, 0) is 4.74 Å². The van der Waals surface area contributed by atoms with Crippen LogP contribution in [0.1, 0.15) is 18.5 Å². The standard InChI is InChI=1S/C4H8O.Al.Na.4H/c1-2-4-5-3-1;;;;;;/h1-4H2;;;;;;/q;+3;+1;4*-1. The first kappa shape index (κ1) is 11.3. The number of hydrogen-bond donors (Lipinski definition) is 0. The zero-order valence-corrected chi connectivity index (χ0v) is 7.97. The third-order valence-corrected chi connectivity index (χ3v) is 0.827. The van der Waals surface area contributed by atoms with E-state index in [2.05, 4.69) is 0 Å². The van der Waals surface area contributed by atoms with E-state index in [1.54, 1.807) is 0 Å². The van der Waals surface area contributed by atoms with E-state index in [4.69, 9.17) is 4.74 Å². The van der Waals surface area contributed by atoms with Gasteiger partial charge in [0.1, 0.15) is 0 Å². The van der Waals surface area contributed by atoms with E-state index >= 15 is 0 Å². The van der Waals surface area contributed by atoms with Gasteiger partial charge in [-0.15, -0.1) is 0 Å². The fourth-order valence-corrected chi connectivity index (χ4v) is 0.510. The molecular formula is C4H12AlNaO. The van der Waals surface area contributed by atoms with Crippen LogP contribution in [0.3, 0.4) is 0 Å². The molecule has 1 rings (SSSR count). The first-order valence-corrected chi connectivity index (χ1v) is 2.08. The summed E-state index contributed by atoms with van der Waals surface area (Å²) in [6, 6.07) is 0. The van der Waals surface area contributed by atoms with E-state index in [0.717, 1.165) is 13.2 Å². The average molecular weight is 126 g/mol. The van der Waals surface area contributed by atoms with Crippen LogP contribution >= 0.6 is 0 Å². The topological polar surface area (TPSA) is 9.23 Å². The third-order valence-electron chi connectivity index (χ3n) is 0.827. The molecule has 0 radical (unpaired) electrons. The maximum absolute atomic E-state index is 4.94. The molecule has 0 amide bonds. The molecule has 0 N–H and O–H groups in total. The fraction of sp³-hybridized carbons (Fsp3) is 1.00. The molecule has 1 aliphatic rings. The van der Waals surface area contributed by atoms with Crippen molar-refractivity contribution < 1.29 is 40.0 Å². The molecule has 1 saturated heterocycles. The van der Waals surface area contributed by atoms with Gasteiger partial charge in [-0.1, -0.05) is 0 Å². The molecule has 0 atom stereocenters. The predicted octanol–water partition coefficient (Wildman–Crippen LogP) is -2.13. The Hall–Kier alpha value is 1.49. The van der Waals surface area contributed by atoms with Gasteiger partial charge >= 0.3 is 46.9 Å². The van der Waals surface area contributed by atoms with Gasteiger partial charge < -0.3 is 10.4 Å². The Morgan fingerprint density at radius 3 is 1.71 bits per heavy atom. The van der Waals surface area contributed by atoms with E-state index < -0.39 is 0 Å². The average Bonchev–Trinajstić information content (AvgIpc) is 1.76. The summed E-state index contributed by atoms with van der Waals surface area (Å²) < 4.78 is 4.94. The van der Waals surface area contributed by atoms with Gasteiger partial charge in [-0.25, -0.2) is 0 Å². The second-order valence-corrected chi connectivity index (χ2v) is 1.32. The second kappa shape index (κ2) is 7.49. The molecule has 0 spiro atoms. The minimum absolute atomic E-state index is 0. The molecule has 38 valence electrons. The van der Waals surface area contributed by atoms with Crippen LogP contribution in [0.25, 0.3) is 0 Å². The smallest absolute Gasteiger partial charge is 1.00 e. The molecule has 0 aromatic heterocycles. The largest absolute Gasteiger partial charge is 3.00 e. The van der Waals surface area contributed by atoms with Crippen molar-refractivity contribution in [3.8, 4) is 0 Å². The molecule has 3 heteroatoms. The molecule has 0 unspecified atom stereocenters. The summed E-state index contributed by atoms with van der Waals surface area (Å²) in [5.74, 6) is 0. The third kappa shape index (κ3) is 5.36. The van der Waals surface area contributed by atoms with Crippen LogP contribution < -0.4 is 29.6 Å². The maximum atomic E-state index is 4.94. The number of ether oxygens (including phenoxy) is 1. The van der Waals surface area contributed by atoms with Gasteiger partial charge in [-0.2, -0.15) is 0 Å². The Balaban J connectivity index is -0.0000000104. The van der Waals surface area contributed by atoms with Gasteiger partial charge in [0.05, 0.1) is 0 Å². The molecule has 1 heterocycles. The quantitative estimate of drug-likeness (QED) is 0.337. The van der Waals surface area contributed by atoms with Gasteiger partial charge in [-0.3, -0.25) is 0 Å². The van der Waals surface area contributed by atoms with Crippen LogP contribution in [-0.4, -0.2) is 30.6 Å². The first-order chi connectivity index (χ1) is 2.50. The van der Waals surface area contributed by atoms with Crippen molar-refractivity contribution in [2.75, 3.05) is 13.2 Å². The van der Waals surface area contributed by atoms with Gasteiger partial charge in [0.15, 0.2) is 0 Å². The van der Waals surface area contributed by atoms with Crippen molar-refractivity contribution in [1.29, 1.82) is 0 Å². The molecule has 1 fully saturated rings. The van der Waals surface area contributed by atoms with E-state index in [1.807, 2.05) is 0 Å². The second-order valence-electron chi connectivity index (χ2n) is 1.32. The molecule has 7 heavy (non-hydrogen) atoms. The number of rotatable bonds is 0. The summed E-state index contributed by atoms with van der Waals surface area (Å²) in [7, 11) is 0. The Labute approximate surface area is 83.2 Å². The number of hydrogen-bond acceptors (Lipinski definition) is 1.